The Balaban J connectivity index is 2.46. The number of aromatic amines is 1. The van der Waals surface area contributed by atoms with Crippen LogP contribution in [0.1, 0.15) is 0 Å². The van der Waals surface area contributed by atoms with Crippen LogP contribution in [0.5, 0.6) is 0 Å². The van der Waals surface area contributed by atoms with Gasteiger partial charge in [-0.05, 0) is 0 Å². The number of imidazole rings is 1. The first-order valence-corrected chi connectivity index (χ1v) is 6.51. The zero-order chi connectivity index (χ0) is 14.2. The van der Waals surface area contributed by atoms with E-state index in [2.05, 4.69) is 9.97 Å². The first-order chi connectivity index (χ1) is 8.95. The van der Waals surface area contributed by atoms with Gasteiger partial charge in [0, 0.05) is 19.8 Å². The molecule has 0 aliphatic carbocycles. The molecule has 1 unspecified atom stereocenters. The lowest BCUT2D eigenvalue weighted by atomic mass is 10.4. The zero-order valence-corrected chi connectivity index (χ0v) is 11.3. The van der Waals surface area contributed by atoms with E-state index in [1.54, 1.807) is 0 Å². The fraction of sp³-hybridized carbons (Fsp3) is 0.500. The van der Waals surface area contributed by atoms with Gasteiger partial charge in [0.25, 0.3) is 5.56 Å². The minimum absolute atomic E-state index is 0.241. The minimum atomic E-state index is -0.857. The van der Waals surface area contributed by atoms with E-state index in [-0.39, 0.29) is 23.5 Å². The third-order valence-electron chi connectivity index (χ3n) is 2.70. The van der Waals surface area contributed by atoms with Crippen LogP contribution in [0.4, 0.5) is 0 Å². The van der Waals surface area contributed by atoms with E-state index in [0.717, 1.165) is 4.57 Å². The number of aryl methyl sites for hydroxylation is 1. The van der Waals surface area contributed by atoms with Gasteiger partial charge in [0.05, 0.1) is 12.7 Å². The molecule has 1 atom stereocenters. The monoisotopic (exact) mass is 286 g/mol. The molecule has 2 aromatic heterocycles. The Hall–Kier alpha value is -1.58. The molecule has 0 amide bonds. The highest BCUT2D eigenvalue weighted by molar-refractivity contribution is 7.99. The lowest BCUT2D eigenvalue weighted by molar-refractivity contribution is 0.113. The van der Waals surface area contributed by atoms with E-state index in [0.29, 0.717) is 5.16 Å². The zero-order valence-electron chi connectivity index (χ0n) is 10.5. The molecule has 104 valence electrons. The molecule has 0 saturated heterocycles. The Morgan fingerprint density at radius 3 is 2.68 bits per heavy atom. The number of rotatable bonds is 4. The van der Waals surface area contributed by atoms with Gasteiger partial charge in [0.15, 0.2) is 16.3 Å². The summed E-state index contributed by atoms with van der Waals surface area (Å²) >= 11 is 1.17. The summed E-state index contributed by atoms with van der Waals surface area (Å²) in [5.74, 6) is 0.241. The standard InChI is InChI=1S/C10H14N4O4S/c1-13-7-6(8(17)14(2)10(13)18)11-9(12-7)19-4-5(16)3-15/h5,15-16H,3-4H2,1-2H3,(H,11,12). The highest BCUT2D eigenvalue weighted by Crippen LogP contribution is 2.17. The lowest BCUT2D eigenvalue weighted by Crippen LogP contribution is -2.36. The van der Waals surface area contributed by atoms with Crippen molar-refractivity contribution in [2.45, 2.75) is 11.3 Å². The number of thioether (sulfide) groups is 1. The number of hydrogen-bond acceptors (Lipinski definition) is 6. The molecule has 0 spiro atoms. The molecule has 3 N–H and O–H groups in total. The highest BCUT2D eigenvalue weighted by Gasteiger charge is 2.14. The molecule has 0 bridgehead atoms. The number of H-pyrrole nitrogens is 1. The average Bonchev–Trinajstić information content (AvgIpc) is 2.84. The third kappa shape index (κ3) is 2.44. The van der Waals surface area contributed by atoms with E-state index in [9.17, 15) is 14.7 Å². The van der Waals surface area contributed by atoms with Crippen molar-refractivity contribution in [1.29, 1.82) is 0 Å². The van der Waals surface area contributed by atoms with Crippen LogP contribution in [-0.2, 0) is 14.1 Å². The molecule has 0 aliphatic rings. The van der Waals surface area contributed by atoms with E-state index in [1.807, 2.05) is 0 Å². The van der Waals surface area contributed by atoms with E-state index >= 15 is 0 Å². The van der Waals surface area contributed by atoms with Crippen LogP contribution in [0.2, 0.25) is 0 Å². The highest BCUT2D eigenvalue weighted by atomic mass is 32.2. The fourth-order valence-electron chi connectivity index (χ4n) is 1.60. The summed E-state index contributed by atoms with van der Waals surface area (Å²) in [6.07, 6.45) is -0.857. The number of aliphatic hydroxyl groups is 2. The second kappa shape index (κ2) is 5.19. The first-order valence-electron chi connectivity index (χ1n) is 5.53. The average molecular weight is 286 g/mol. The number of aliphatic hydroxyl groups excluding tert-OH is 2. The van der Waals surface area contributed by atoms with Crippen LogP contribution >= 0.6 is 11.8 Å². The van der Waals surface area contributed by atoms with E-state index in [1.165, 1.54) is 30.4 Å². The molecule has 9 heteroatoms. The summed E-state index contributed by atoms with van der Waals surface area (Å²) in [4.78, 5) is 30.6. The Morgan fingerprint density at radius 1 is 1.37 bits per heavy atom. The lowest BCUT2D eigenvalue weighted by Gasteiger charge is -2.03. The molecule has 2 rings (SSSR count). The second-order valence-corrected chi connectivity index (χ2v) is 5.10. The van der Waals surface area contributed by atoms with Gasteiger partial charge in [-0.15, -0.1) is 0 Å². The maximum atomic E-state index is 11.9. The van der Waals surface area contributed by atoms with Crippen molar-refractivity contribution in [3.63, 3.8) is 0 Å². The van der Waals surface area contributed by atoms with Gasteiger partial charge in [0.1, 0.15) is 0 Å². The smallest absolute Gasteiger partial charge is 0.332 e. The largest absolute Gasteiger partial charge is 0.394 e. The number of fused-ring (bicyclic) bond motifs is 1. The number of hydrogen-bond donors (Lipinski definition) is 3. The molecule has 2 aromatic rings. The number of nitrogens with zero attached hydrogens (tertiary/aromatic N) is 3. The summed E-state index contributed by atoms with van der Waals surface area (Å²) in [5, 5.41) is 18.4. The van der Waals surface area contributed by atoms with Crippen molar-refractivity contribution in [1.82, 2.24) is 19.1 Å². The molecule has 8 nitrogen and oxygen atoms in total. The molecule has 2 heterocycles. The summed E-state index contributed by atoms with van der Waals surface area (Å²) in [5.41, 5.74) is -0.379. The van der Waals surface area contributed by atoms with Gasteiger partial charge in [-0.1, -0.05) is 11.8 Å². The van der Waals surface area contributed by atoms with Gasteiger partial charge in [-0.25, -0.2) is 9.78 Å². The van der Waals surface area contributed by atoms with E-state index < -0.39 is 17.4 Å². The SMILES string of the molecule is Cn1c(=O)c2[nH]c(SCC(O)CO)nc2n(C)c1=O. The third-order valence-corrected chi connectivity index (χ3v) is 3.71. The summed E-state index contributed by atoms with van der Waals surface area (Å²) in [6, 6.07) is 0. The fourth-order valence-corrected chi connectivity index (χ4v) is 2.38. The molecular weight excluding hydrogens is 272 g/mol. The molecule has 0 fully saturated rings. The predicted octanol–water partition coefficient (Wildman–Crippen LogP) is -1.59. The van der Waals surface area contributed by atoms with Crippen molar-refractivity contribution in [3.05, 3.63) is 20.8 Å². The molecule has 0 radical (unpaired) electrons. The molecular formula is C10H14N4O4S. The Morgan fingerprint density at radius 2 is 2.05 bits per heavy atom. The molecule has 0 aliphatic heterocycles. The molecule has 19 heavy (non-hydrogen) atoms. The number of aromatic nitrogens is 4. The van der Waals surface area contributed by atoms with Crippen LogP contribution < -0.4 is 11.2 Å². The summed E-state index contributed by atoms with van der Waals surface area (Å²) in [7, 11) is 2.93. The Bertz CT molecular complexity index is 717. The molecule has 0 aromatic carbocycles. The van der Waals surface area contributed by atoms with Crippen LogP contribution in [0.15, 0.2) is 14.7 Å². The molecule has 0 saturated carbocycles. The van der Waals surface area contributed by atoms with Gasteiger partial charge in [0.2, 0.25) is 0 Å². The first kappa shape index (κ1) is 13.8. The van der Waals surface area contributed by atoms with Crippen LogP contribution in [0, 0.1) is 0 Å². The normalized spacial score (nSPS) is 13.1. The summed E-state index contributed by atoms with van der Waals surface area (Å²) in [6.45, 7) is -0.340. The van der Waals surface area contributed by atoms with Gasteiger partial charge >= 0.3 is 5.69 Å². The second-order valence-electron chi connectivity index (χ2n) is 4.09. The quantitative estimate of drug-likeness (QED) is 0.584. The van der Waals surface area contributed by atoms with Crippen LogP contribution in [-0.4, -0.2) is 47.8 Å². The topological polar surface area (TPSA) is 113 Å². The van der Waals surface area contributed by atoms with Gasteiger partial charge < -0.3 is 15.2 Å². The van der Waals surface area contributed by atoms with Crippen LogP contribution in [0.25, 0.3) is 11.2 Å². The van der Waals surface area contributed by atoms with Crippen molar-refractivity contribution >= 4 is 22.9 Å². The minimum Gasteiger partial charge on any atom is -0.394 e. The Labute approximate surface area is 111 Å². The van der Waals surface area contributed by atoms with Gasteiger partial charge in [-0.2, -0.15) is 0 Å². The number of nitrogens with one attached hydrogen (secondary N) is 1. The van der Waals surface area contributed by atoms with Crippen LogP contribution in [0.3, 0.4) is 0 Å². The predicted molar refractivity (Wildman–Crippen MR) is 70.4 cm³/mol. The van der Waals surface area contributed by atoms with Crippen molar-refractivity contribution in [3.8, 4) is 0 Å². The van der Waals surface area contributed by atoms with Crippen molar-refractivity contribution < 1.29 is 10.2 Å². The van der Waals surface area contributed by atoms with E-state index in [4.69, 9.17) is 5.11 Å². The summed E-state index contributed by atoms with van der Waals surface area (Å²) < 4.78 is 2.28. The van der Waals surface area contributed by atoms with Gasteiger partial charge in [-0.3, -0.25) is 13.9 Å². The van der Waals surface area contributed by atoms with Crippen molar-refractivity contribution in [2.24, 2.45) is 14.1 Å². The Kier molecular flexibility index (Phi) is 3.78. The van der Waals surface area contributed by atoms with Crippen molar-refractivity contribution in [2.75, 3.05) is 12.4 Å². The maximum absolute atomic E-state index is 11.9. The maximum Gasteiger partial charge on any atom is 0.332 e.